The van der Waals surface area contributed by atoms with E-state index >= 15 is 0 Å². The fraction of sp³-hybridized carbons (Fsp3) is 0.966. The second-order valence-corrected chi connectivity index (χ2v) is 15.7. The molecule has 5 fully saturated rings. The predicted octanol–water partition coefficient (Wildman–Crippen LogP) is 3.24. The second-order valence-electron chi connectivity index (χ2n) is 14.2. The number of carbonyl (C=O) groups is 1. The molecule has 12 atom stereocenters. The van der Waals surface area contributed by atoms with Gasteiger partial charge in [-0.3, -0.25) is 9.35 Å². The van der Waals surface area contributed by atoms with Gasteiger partial charge in [-0.05, 0) is 111 Å². The molecule has 5 rings (SSSR count). The van der Waals surface area contributed by atoms with Crippen molar-refractivity contribution in [3.05, 3.63) is 0 Å². The Morgan fingerprint density at radius 1 is 1.03 bits per heavy atom. The number of carbonyl (C=O) groups excluding carboxylic acids is 1. The fourth-order valence-corrected chi connectivity index (χ4v) is 11.2. The molecule has 1 aliphatic heterocycles. The zero-order valence-electron chi connectivity index (χ0n) is 23.3. The Balaban J connectivity index is 1.27. The lowest BCUT2D eigenvalue weighted by molar-refractivity contribution is -0.207. The van der Waals surface area contributed by atoms with Crippen molar-refractivity contribution in [1.29, 1.82) is 0 Å². The SMILES string of the molecule is CC(CCC(=O)N1CCCC1CS(=O)(=O)O)C1CCC2C3C(O)CC4CC(O)CCC4(C)C3CC(O)C12C. The van der Waals surface area contributed by atoms with Gasteiger partial charge in [-0.2, -0.15) is 8.42 Å². The number of hydrogen-bond donors (Lipinski definition) is 4. The first-order chi connectivity index (χ1) is 17.8. The van der Waals surface area contributed by atoms with Crippen LogP contribution in [0.3, 0.4) is 0 Å². The van der Waals surface area contributed by atoms with E-state index < -0.39 is 34.1 Å². The topological polar surface area (TPSA) is 135 Å². The van der Waals surface area contributed by atoms with Crippen molar-refractivity contribution < 1.29 is 33.1 Å². The molecular formula is C29H49NO7S. The molecule has 0 radical (unpaired) electrons. The lowest BCUT2D eigenvalue weighted by Crippen LogP contribution is -2.62. The standard InChI is InChI=1S/C29H49NO7S/c1-17(6-9-26(34)30-12-4-5-19(30)16-38(35,36)37)21-7-8-22-27-23(15-25(33)29(21,22)3)28(2)11-10-20(31)13-18(28)14-24(27)32/h17-25,27,31-33H,4-16H2,1-3H3,(H,35,36,37). The van der Waals surface area contributed by atoms with Crippen molar-refractivity contribution in [2.75, 3.05) is 12.3 Å². The van der Waals surface area contributed by atoms with Crippen LogP contribution in [0.5, 0.6) is 0 Å². The van der Waals surface area contributed by atoms with E-state index in [-0.39, 0.29) is 52.4 Å². The minimum absolute atomic E-state index is 0.0480. The molecule has 5 aliphatic rings. The summed E-state index contributed by atoms with van der Waals surface area (Å²) >= 11 is 0. The fourth-order valence-electron chi connectivity index (χ4n) is 10.4. The lowest BCUT2D eigenvalue weighted by atomic mass is 9.43. The van der Waals surface area contributed by atoms with Gasteiger partial charge in [-0.25, -0.2) is 0 Å². The summed E-state index contributed by atoms with van der Waals surface area (Å²) < 4.78 is 32.1. The molecule has 9 heteroatoms. The molecule has 38 heavy (non-hydrogen) atoms. The third-order valence-corrected chi connectivity index (χ3v) is 13.2. The highest BCUT2D eigenvalue weighted by atomic mass is 32.2. The third-order valence-electron chi connectivity index (χ3n) is 12.4. The van der Waals surface area contributed by atoms with Gasteiger partial charge >= 0.3 is 0 Å². The first-order valence-electron chi connectivity index (χ1n) is 15.0. The molecular weight excluding hydrogens is 506 g/mol. The molecule has 0 bridgehead atoms. The Hall–Kier alpha value is -0.740. The molecule has 4 aliphatic carbocycles. The molecule has 1 heterocycles. The quantitative estimate of drug-likeness (QED) is 0.370. The van der Waals surface area contributed by atoms with Gasteiger partial charge in [-0.15, -0.1) is 0 Å². The molecule has 218 valence electrons. The van der Waals surface area contributed by atoms with E-state index in [4.69, 9.17) is 0 Å². The number of amides is 1. The molecule has 4 saturated carbocycles. The van der Waals surface area contributed by atoms with Crippen molar-refractivity contribution in [3.63, 3.8) is 0 Å². The zero-order valence-corrected chi connectivity index (χ0v) is 24.2. The lowest BCUT2D eigenvalue weighted by Gasteiger charge is -2.63. The summed E-state index contributed by atoms with van der Waals surface area (Å²) in [6.45, 7) is 7.29. The summed E-state index contributed by atoms with van der Waals surface area (Å²) in [5.41, 5.74) is -0.251. The number of fused-ring (bicyclic) bond motifs is 5. The average molecular weight is 556 g/mol. The number of hydrogen-bond acceptors (Lipinski definition) is 6. The van der Waals surface area contributed by atoms with Crippen LogP contribution >= 0.6 is 0 Å². The summed E-state index contributed by atoms with van der Waals surface area (Å²) in [5.74, 6) is 1.02. The molecule has 0 aromatic heterocycles. The first-order valence-corrected chi connectivity index (χ1v) is 16.7. The Kier molecular flexibility index (Phi) is 7.78. The summed E-state index contributed by atoms with van der Waals surface area (Å²) in [7, 11) is -4.13. The van der Waals surface area contributed by atoms with Gasteiger partial charge in [0.15, 0.2) is 0 Å². The Bertz CT molecular complexity index is 1000. The van der Waals surface area contributed by atoms with Crippen molar-refractivity contribution in [1.82, 2.24) is 4.90 Å². The van der Waals surface area contributed by atoms with Gasteiger partial charge in [0.05, 0.1) is 24.1 Å². The Morgan fingerprint density at radius 3 is 2.47 bits per heavy atom. The highest BCUT2D eigenvalue weighted by Crippen LogP contribution is 2.68. The largest absolute Gasteiger partial charge is 0.393 e. The van der Waals surface area contributed by atoms with Crippen LogP contribution in [-0.2, 0) is 14.9 Å². The van der Waals surface area contributed by atoms with E-state index in [1.165, 1.54) is 0 Å². The molecule has 0 spiro atoms. The van der Waals surface area contributed by atoms with Crippen LogP contribution in [0.25, 0.3) is 0 Å². The van der Waals surface area contributed by atoms with Crippen LogP contribution in [0.4, 0.5) is 0 Å². The number of aliphatic hydroxyl groups excluding tert-OH is 3. The Labute approximate surface area is 228 Å². The van der Waals surface area contributed by atoms with Gasteiger partial charge in [0, 0.05) is 19.0 Å². The highest BCUT2D eigenvalue weighted by Gasteiger charge is 2.65. The van der Waals surface area contributed by atoms with Gasteiger partial charge in [0.25, 0.3) is 10.1 Å². The van der Waals surface area contributed by atoms with Crippen LogP contribution in [0.15, 0.2) is 0 Å². The summed E-state index contributed by atoms with van der Waals surface area (Å²) in [4.78, 5) is 14.7. The van der Waals surface area contributed by atoms with Crippen LogP contribution in [-0.4, -0.2) is 75.7 Å². The van der Waals surface area contributed by atoms with Crippen molar-refractivity contribution in [2.24, 2.45) is 46.3 Å². The van der Waals surface area contributed by atoms with Crippen LogP contribution in [0, 0.1) is 46.3 Å². The molecule has 8 nitrogen and oxygen atoms in total. The maximum absolute atomic E-state index is 13.1. The van der Waals surface area contributed by atoms with Crippen LogP contribution in [0.1, 0.15) is 91.4 Å². The van der Waals surface area contributed by atoms with Gasteiger partial charge < -0.3 is 20.2 Å². The van der Waals surface area contributed by atoms with Crippen LogP contribution < -0.4 is 0 Å². The monoisotopic (exact) mass is 555 g/mol. The predicted molar refractivity (Wildman–Crippen MR) is 144 cm³/mol. The van der Waals surface area contributed by atoms with Gasteiger partial charge in [0.1, 0.15) is 0 Å². The van der Waals surface area contributed by atoms with E-state index in [0.29, 0.717) is 38.1 Å². The van der Waals surface area contributed by atoms with E-state index in [0.717, 1.165) is 44.9 Å². The number of nitrogens with zero attached hydrogens (tertiary/aromatic N) is 1. The minimum Gasteiger partial charge on any atom is -0.393 e. The smallest absolute Gasteiger partial charge is 0.266 e. The van der Waals surface area contributed by atoms with E-state index in [9.17, 15) is 33.1 Å². The van der Waals surface area contributed by atoms with Crippen molar-refractivity contribution in [2.45, 2.75) is 116 Å². The maximum Gasteiger partial charge on any atom is 0.266 e. The number of rotatable bonds is 6. The van der Waals surface area contributed by atoms with E-state index in [1.54, 1.807) is 4.90 Å². The van der Waals surface area contributed by atoms with Crippen LogP contribution in [0.2, 0.25) is 0 Å². The molecule has 1 saturated heterocycles. The average Bonchev–Trinajstić information content (AvgIpc) is 3.43. The van der Waals surface area contributed by atoms with Gasteiger partial charge in [0.2, 0.25) is 5.91 Å². The highest BCUT2D eigenvalue weighted by molar-refractivity contribution is 7.85. The maximum atomic E-state index is 13.1. The second kappa shape index (κ2) is 10.3. The zero-order chi connectivity index (χ0) is 27.6. The summed E-state index contributed by atoms with van der Waals surface area (Å²) in [5, 5.41) is 33.5. The Morgan fingerprint density at radius 2 is 1.76 bits per heavy atom. The van der Waals surface area contributed by atoms with E-state index in [2.05, 4.69) is 20.8 Å². The normalized spacial score (nSPS) is 47.8. The molecule has 1 amide bonds. The first kappa shape index (κ1) is 28.8. The number of aliphatic hydroxyl groups is 3. The third kappa shape index (κ3) is 4.86. The van der Waals surface area contributed by atoms with Crippen molar-refractivity contribution in [3.8, 4) is 0 Å². The number of likely N-dealkylation sites (tertiary alicyclic amines) is 1. The molecule has 4 N–H and O–H groups in total. The van der Waals surface area contributed by atoms with Gasteiger partial charge in [-0.1, -0.05) is 20.8 Å². The van der Waals surface area contributed by atoms with Crippen molar-refractivity contribution >= 4 is 16.0 Å². The summed E-state index contributed by atoms with van der Waals surface area (Å²) in [6, 6.07) is -0.447. The molecule has 0 aromatic carbocycles. The summed E-state index contributed by atoms with van der Waals surface area (Å²) in [6.07, 6.45) is 7.17. The molecule has 12 unspecified atom stereocenters. The minimum atomic E-state index is -4.13. The van der Waals surface area contributed by atoms with E-state index in [1.807, 2.05) is 0 Å². The molecule has 0 aromatic rings.